The highest BCUT2D eigenvalue weighted by molar-refractivity contribution is 4.80. The Morgan fingerprint density at radius 3 is 2.67 bits per heavy atom. The Morgan fingerprint density at radius 2 is 2.20 bits per heavy atom. The molecule has 0 amide bonds. The quantitative estimate of drug-likeness (QED) is 0.441. The van der Waals surface area contributed by atoms with Crippen molar-refractivity contribution >= 4 is 0 Å². The first-order chi connectivity index (χ1) is 7.29. The number of hydrogen-bond acceptors (Lipinski definition) is 3. The summed E-state index contributed by atoms with van der Waals surface area (Å²) >= 11 is 0. The molecule has 3 nitrogen and oxygen atoms in total. The van der Waals surface area contributed by atoms with E-state index >= 15 is 0 Å². The van der Waals surface area contributed by atoms with Gasteiger partial charge in [0.15, 0.2) is 0 Å². The Labute approximate surface area is 94.5 Å². The van der Waals surface area contributed by atoms with Crippen LogP contribution in [0.1, 0.15) is 20.3 Å². The summed E-state index contributed by atoms with van der Waals surface area (Å²) in [5.41, 5.74) is 0. The molecule has 0 spiro atoms. The van der Waals surface area contributed by atoms with Crippen molar-refractivity contribution in [3.05, 3.63) is 12.7 Å². The van der Waals surface area contributed by atoms with Gasteiger partial charge in [0, 0.05) is 26.2 Å². The molecule has 0 heterocycles. The predicted molar refractivity (Wildman–Crippen MR) is 66.3 cm³/mol. The molecule has 90 valence electrons. The third-order valence-electron chi connectivity index (χ3n) is 2.45. The third kappa shape index (κ3) is 6.66. The summed E-state index contributed by atoms with van der Waals surface area (Å²) in [6, 6.07) is 0.449. The van der Waals surface area contributed by atoms with Crippen LogP contribution in [0.3, 0.4) is 0 Å². The SMILES string of the molecule is C=CCN(CC)C(CNCCC)COC. The van der Waals surface area contributed by atoms with Gasteiger partial charge in [-0.05, 0) is 19.5 Å². The lowest BCUT2D eigenvalue weighted by Gasteiger charge is -2.29. The zero-order valence-corrected chi connectivity index (χ0v) is 10.5. The number of rotatable bonds is 10. The van der Waals surface area contributed by atoms with E-state index in [4.69, 9.17) is 4.74 Å². The molecule has 0 saturated heterocycles. The molecule has 0 aliphatic rings. The van der Waals surface area contributed by atoms with Crippen LogP contribution in [-0.2, 0) is 4.74 Å². The van der Waals surface area contributed by atoms with Gasteiger partial charge in [-0.3, -0.25) is 4.90 Å². The number of nitrogens with one attached hydrogen (secondary N) is 1. The van der Waals surface area contributed by atoms with Gasteiger partial charge in [-0.15, -0.1) is 6.58 Å². The van der Waals surface area contributed by atoms with Gasteiger partial charge < -0.3 is 10.1 Å². The Kier molecular flexibility index (Phi) is 9.89. The van der Waals surface area contributed by atoms with E-state index in [-0.39, 0.29) is 0 Å². The first-order valence-electron chi connectivity index (χ1n) is 5.84. The molecule has 0 saturated carbocycles. The minimum atomic E-state index is 0.449. The van der Waals surface area contributed by atoms with Gasteiger partial charge in [0.2, 0.25) is 0 Å². The monoisotopic (exact) mass is 214 g/mol. The summed E-state index contributed by atoms with van der Waals surface area (Å²) in [6.07, 6.45) is 3.12. The lowest BCUT2D eigenvalue weighted by molar-refractivity contribution is 0.0998. The van der Waals surface area contributed by atoms with Gasteiger partial charge in [0.1, 0.15) is 0 Å². The van der Waals surface area contributed by atoms with E-state index in [0.29, 0.717) is 6.04 Å². The van der Waals surface area contributed by atoms with Crippen LogP contribution in [0.4, 0.5) is 0 Å². The van der Waals surface area contributed by atoms with Gasteiger partial charge in [-0.2, -0.15) is 0 Å². The van der Waals surface area contributed by atoms with Crippen LogP contribution in [0.5, 0.6) is 0 Å². The molecule has 0 aromatic carbocycles. The minimum absolute atomic E-state index is 0.449. The molecule has 1 N–H and O–H groups in total. The maximum Gasteiger partial charge on any atom is 0.0630 e. The number of hydrogen-bond donors (Lipinski definition) is 1. The van der Waals surface area contributed by atoms with E-state index in [2.05, 4.69) is 30.6 Å². The molecular formula is C12H26N2O. The van der Waals surface area contributed by atoms with Gasteiger partial charge in [-0.1, -0.05) is 19.9 Å². The second kappa shape index (κ2) is 10.1. The average Bonchev–Trinajstić information content (AvgIpc) is 2.25. The highest BCUT2D eigenvalue weighted by Crippen LogP contribution is 1.99. The largest absolute Gasteiger partial charge is 0.383 e. The van der Waals surface area contributed by atoms with Crippen LogP contribution in [0, 0.1) is 0 Å². The molecule has 15 heavy (non-hydrogen) atoms. The van der Waals surface area contributed by atoms with E-state index in [0.717, 1.165) is 32.8 Å². The molecule has 3 heteroatoms. The van der Waals surface area contributed by atoms with Crippen LogP contribution in [0.25, 0.3) is 0 Å². The van der Waals surface area contributed by atoms with Gasteiger partial charge in [-0.25, -0.2) is 0 Å². The van der Waals surface area contributed by atoms with Crippen molar-refractivity contribution in [2.75, 3.05) is 39.9 Å². The number of likely N-dealkylation sites (N-methyl/N-ethyl adjacent to an activating group) is 1. The molecular weight excluding hydrogens is 188 g/mol. The highest BCUT2D eigenvalue weighted by atomic mass is 16.5. The minimum Gasteiger partial charge on any atom is -0.383 e. The topological polar surface area (TPSA) is 24.5 Å². The Balaban J connectivity index is 4.01. The summed E-state index contributed by atoms with van der Waals surface area (Å²) in [5.74, 6) is 0. The van der Waals surface area contributed by atoms with Crippen molar-refractivity contribution in [3.8, 4) is 0 Å². The summed E-state index contributed by atoms with van der Waals surface area (Å²) in [5, 5.41) is 3.44. The van der Waals surface area contributed by atoms with Gasteiger partial charge >= 0.3 is 0 Å². The normalized spacial score (nSPS) is 13.1. The molecule has 0 aromatic rings. The first kappa shape index (κ1) is 14.6. The zero-order chi connectivity index (χ0) is 11.5. The molecule has 0 bridgehead atoms. The summed E-state index contributed by atoms with van der Waals surface area (Å²) in [6.45, 7) is 12.9. The molecule has 1 atom stereocenters. The number of methoxy groups -OCH3 is 1. The van der Waals surface area contributed by atoms with E-state index < -0.39 is 0 Å². The van der Waals surface area contributed by atoms with E-state index in [1.54, 1.807) is 7.11 Å². The van der Waals surface area contributed by atoms with Crippen LogP contribution in [0.15, 0.2) is 12.7 Å². The van der Waals surface area contributed by atoms with Crippen LogP contribution in [0.2, 0.25) is 0 Å². The molecule has 0 rings (SSSR count). The molecule has 0 fully saturated rings. The highest BCUT2D eigenvalue weighted by Gasteiger charge is 2.14. The fourth-order valence-electron chi connectivity index (χ4n) is 1.63. The second-order valence-corrected chi connectivity index (χ2v) is 3.69. The van der Waals surface area contributed by atoms with Crippen molar-refractivity contribution < 1.29 is 4.74 Å². The zero-order valence-electron chi connectivity index (χ0n) is 10.5. The molecule has 0 aliphatic heterocycles. The van der Waals surface area contributed by atoms with Crippen LogP contribution in [-0.4, -0.2) is 50.8 Å². The van der Waals surface area contributed by atoms with Crippen LogP contribution < -0.4 is 5.32 Å². The Bertz CT molecular complexity index is 151. The van der Waals surface area contributed by atoms with Crippen molar-refractivity contribution in [2.45, 2.75) is 26.3 Å². The van der Waals surface area contributed by atoms with Crippen molar-refractivity contribution in [1.82, 2.24) is 10.2 Å². The fraction of sp³-hybridized carbons (Fsp3) is 0.833. The average molecular weight is 214 g/mol. The van der Waals surface area contributed by atoms with E-state index in [9.17, 15) is 0 Å². The predicted octanol–water partition coefficient (Wildman–Crippen LogP) is 1.51. The van der Waals surface area contributed by atoms with Crippen LogP contribution >= 0.6 is 0 Å². The lowest BCUT2D eigenvalue weighted by atomic mass is 10.2. The lowest BCUT2D eigenvalue weighted by Crippen LogP contribution is -2.45. The second-order valence-electron chi connectivity index (χ2n) is 3.69. The Morgan fingerprint density at radius 1 is 1.47 bits per heavy atom. The maximum absolute atomic E-state index is 5.25. The third-order valence-corrected chi connectivity index (χ3v) is 2.45. The molecule has 0 radical (unpaired) electrons. The van der Waals surface area contributed by atoms with E-state index in [1.165, 1.54) is 6.42 Å². The molecule has 1 unspecified atom stereocenters. The number of ether oxygens (including phenoxy) is 1. The maximum atomic E-state index is 5.25. The summed E-state index contributed by atoms with van der Waals surface area (Å²) < 4.78 is 5.25. The summed E-state index contributed by atoms with van der Waals surface area (Å²) in [7, 11) is 1.76. The Hall–Kier alpha value is -0.380. The molecule has 0 aromatic heterocycles. The van der Waals surface area contributed by atoms with Gasteiger partial charge in [0.05, 0.1) is 6.61 Å². The van der Waals surface area contributed by atoms with E-state index in [1.807, 2.05) is 6.08 Å². The number of nitrogens with zero attached hydrogens (tertiary/aromatic N) is 1. The van der Waals surface area contributed by atoms with Crippen molar-refractivity contribution in [3.63, 3.8) is 0 Å². The molecule has 0 aliphatic carbocycles. The smallest absolute Gasteiger partial charge is 0.0630 e. The standard InChI is InChI=1S/C12H26N2O/c1-5-8-13-10-12(11-15-4)14(7-3)9-6-2/h6,12-13H,2,5,7-11H2,1,3-4H3. The fourth-order valence-corrected chi connectivity index (χ4v) is 1.63. The van der Waals surface area contributed by atoms with Crippen molar-refractivity contribution in [1.29, 1.82) is 0 Å². The first-order valence-corrected chi connectivity index (χ1v) is 5.84. The summed E-state index contributed by atoms with van der Waals surface area (Å²) in [4.78, 5) is 2.37. The van der Waals surface area contributed by atoms with Gasteiger partial charge in [0.25, 0.3) is 0 Å². The van der Waals surface area contributed by atoms with Crippen molar-refractivity contribution in [2.24, 2.45) is 0 Å².